The minimum Gasteiger partial charge on any atom is -0.317 e. The van der Waals surface area contributed by atoms with Crippen LogP contribution in [0.1, 0.15) is 32.0 Å². The molecule has 1 N–H and O–H groups in total. The SMILES string of the molecule is CCn1ncnc1CC1CCCNCC1. The zero-order valence-electron chi connectivity index (χ0n) is 9.45. The Hall–Kier alpha value is -0.900. The van der Waals surface area contributed by atoms with Gasteiger partial charge in [-0.25, -0.2) is 4.98 Å². The standard InChI is InChI=1S/C11H20N4/c1-2-15-11(13-9-14-15)8-10-4-3-6-12-7-5-10/h9-10,12H,2-8H2,1H3. The van der Waals surface area contributed by atoms with Crippen molar-refractivity contribution in [1.29, 1.82) is 0 Å². The van der Waals surface area contributed by atoms with Gasteiger partial charge in [-0.3, -0.25) is 4.68 Å². The highest BCUT2D eigenvalue weighted by Gasteiger charge is 2.15. The molecule has 4 nitrogen and oxygen atoms in total. The Bertz CT molecular complexity index is 287. The fourth-order valence-electron chi connectivity index (χ4n) is 2.26. The van der Waals surface area contributed by atoms with E-state index in [1.54, 1.807) is 6.33 Å². The van der Waals surface area contributed by atoms with Crippen LogP contribution in [-0.2, 0) is 13.0 Å². The Kier molecular flexibility index (Phi) is 3.72. The second-order valence-electron chi connectivity index (χ2n) is 4.24. The molecule has 15 heavy (non-hydrogen) atoms. The average molecular weight is 208 g/mol. The Morgan fingerprint density at radius 3 is 3.27 bits per heavy atom. The molecule has 1 aliphatic rings. The Morgan fingerprint density at radius 1 is 1.47 bits per heavy atom. The van der Waals surface area contributed by atoms with E-state index < -0.39 is 0 Å². The molecule has 84 valence electrons. The van der Waals surface area contributed by atoms with Crippen molar-refractivity contribution in [3.05, 3.63) is 12.2 Å². The highest BCUT2D eigenvalue weighted by atomic mass is 15.3. The van der Waals surface area contributed by atoms with Crippen LogP contribution in [0.15, 0.2) is 6.33 Å². The van der Waals surface area contributed by atoms with Gasteiger partial charge in [0.1, 0.15) is 12.2 Å². The van der Waals surface area contributed by atoms with Crippen molar-refractivity contribution in [2.75, 3.05) is 13.1 Å². The van der Waals surface area contributed by atoms with Crippen LogP contribution < -0.4 is 5.32 Å². The smallest absolute Gasteiger partial charge is 0.138 e. The number of hydrogen-bond donors (Lipinski definition) is 1. The lowest BCUT2D eigenvalue weighted by atomic mass is 9.97. The zero-order valence-corrected chi connectivity index (χ0v) is 9.45. The van der Waals surface area contributed by atoms with E-state index in [9.17, 15) is 0 Å². The van der Waals surface area contributed by atoms with Crippen LogP contribution in [0.2, 0.25) is 0 Å². The molecular formula is C11H20N4. The van der Waals surface area contributed by atoms with Crippen LogP contribution in [0.25, 0.3) is 0 Å². The normalized spacial score (nSPS) is 22.6. The van der Waals surface area contributed by atoms with E-state index in [0.717, 1.165) is 31.3 Å². The number of aromatic nitrogens is 3. The van der Waals surface area contributed by atoms with Gasteiger partial charge in [-0.15, -0.1) is 0 Å². The molecule has 2 rings (SSSR count). The topological polar surface area (TPSA) is 42.7 Å². The lowest BCUT2D eigenvalue weighted by Gasteiger charge is -2.12. The van der Waals surface area contributed by atoms with E-state index in [0.29, 0.717) is 0 Å². The molecule has 0 bridgehead atoms. The molecule has 0 aromatic carbocycles. The largest absolute Gasteiger partial charge is 0.317 e. The molecule has 0 amide bonds. The van der Waals surface area contributed by atoms with Gasteiger partial charge in [-0.2, -0.15) is 5.10 Å². The fourth-order valence-corrected chi connectivity index (χ4v) is 2.26. The van der Waals surface area contributed by atoms with Crippen LogP contribution in [0.3, 0.4) is 0 Å². The zero-order chi connectivity index (χ0) is 10.5. The van der Waals surface area contributed by atoms with E-state index in [1.807, 2.05) is 4.68 Å². The number of rotatable bonds is 3. The lowest BCUT2D eigenvalue weighted by Crippen LogP contribution is -2.15. The van der Waals surface area contributed by atoms with Crippen LogP contribution >= 0.6 is 0 Å². The minimum atomic E-state index is 0.787. The summed E-state index contributed by atoms with van der Waals surface area (Å²) in [6.45, 7) is 5.38. The first kappa shape index (κ1) is 10.6. The summed E-state index contributed by atoms with van der Waals surface area (Å²) in [6, 6.07) is 0. The third kappa shape index (κ3) is 2.78. The Labute approximate surface area is 91.1 Å². The third-order valence-corrected chi connectivity index (χ3v) is 3.16. The van der Waals surface area contributed by atoms with Gasteiger partial charge in [0.25, 0.3) is 0 Å². The molecule has 1 fully saturated rings. The molecule has 2 heterocycles. The summed E-state index contributed by atoms with van der Waals surface area (Å²) in [4.78, 5) is 4.34. The van der Waals surface area contributed by atoms with Crippen molar-refractivity contribution >= 4 is 0 Å². The quantitative estimate of drug-likeness (QED) is 0.812. The van der Waals surface area contributed by atoms with Crippen molar-refractivity contribution in [2.24, 2.45) is 5.92 Å². The third-order valence-electron chi connectivity index (χ3n) is 3.16. The maximum Gasteiger partial charge on any atom is 0.138 e. The maximum absolute atomic E-state index is 4.34. The predicted molar refractivity (Wildman–Crippen MR) is 59.6 cm³/mol. The van der Waals surface area contributed by atoms with Gasteiger partial charge in [-0.05, 0) is 45.2 Å². The lowest BCUT2D eigenvalue weighted by molar-refractivity contribution is 0.444. The number of nitrogens with one attached hydrogen (secondary N) is 1. The van der Waals surface area contributed by atoms with Gasteiger partial charge >= 0.3 is 0 Å². The molecule has 0 saturated carbocycles. The average Bonchev–Trinajstić information content (AvgIpc) is 2.53. The highest BCUT2D eigenvalue weighted by molar-refractivity contribution is 4.88. The first-order chi connectivity index (χ1) is 7.40. The van der Waals surface area contributed by atoms with Gasteiger partial charge in [0, 0.05) is 13.0 Å². The molecule has 4 heteroatoms. The molecule has 0 radical (unpaired) electrons. The summed E-state index contributed by atoms with van der Waals surface area (Å²) in [5.41, 5.74) is 0. The van der Waals surface area contributed by atoms with Gasteiger partial charge < -0.3 is 5.32 Å². The van der Waals surface area contributed by atoms with Crippen molar-refractivity contribution in [3.63, 3.8) is 0 Å². The summed E-state index contributed by atoms with van der Waals surface area (Å²) in [5.74, 6) is 1.94. The Balaban J connectivity index is 1.94. The van der Waals surface area contributed by atoms with E-state index in [1.165, 1.54) is 25.8 Å². The second-order valence-corrected chi connectivity index (χ2v) is 4.24. The molecule has 1 aromatic heterocycles. The van der Waals surface area contributed by atoms with E-state index in [2.05, 4.69) is 22.3 Å². The molecule has 0 spiro atoms. The minimum absolute atomic E-state index is 0.787. The summed E-state index contributed by atoms with van der Waals surface area (Å²) in [5, 5.41) is 7.66. The molecular weight excluding hydrogens is 188 g/mol. The van der Waals surface area contributed by atoms with Gasteiger partial charge in [0.2, 0.25) is 0 Å². The molecule has 1 aliphatic heterocycles. The van der Waals surface area contributed by atoms with Crippen LogP contribution in [0, 0.1) is 5.92 Å². The van der Waals surface area contributed by atoms with Crippen LogP contribution in [0.5, 0.6) is 0 Å². The summed E-state index contributed by atoms with van der Waals surface area (Å²) in [6.07, 6.45) is 6.66. The van der Waals surface area contributed by atoms with Crippen LogP contribution in [0.4, 0.5) is 0 Å². The van der Waals surface area contributed by atoms with Crippen molar-refractivity contribution in [2.45, 2.75) is 39.2 Å². The first-order valence-electron chi connectivity index (χ1n) is 5.97. The molecule has 1 saturated heterocycles. The van der Waals surface area contributed by atoms with Gasteiger partial charge in [-0.1, -0.05) is 0 Å². The molecule has 1 atom stereocenters. The maximum atomic E-state index is 4.34. The van der Waals surface area contributed by atoms with Crippen LogP contribution in [-0.4, -0.2) is 27.9 Å². The molecule has 0 aliphatic carbocycles. The van der Waals surface area contributed by atoms with Crippen molar-refractivity contribution in [1.82, 2.24) is 20.1 Å². The van der Waals surface area contributed by atoms with E-state index >= 15 is 0 Å². The van der Waals surface area contributed by atoms with E-state index in [-0.39, 0.29) is 0 Å². The van der Waals surface area contributed by atoms with Crippen molar-refractivity contribution in [3.8, 4) is 0 Å². The number of hydrogen-bond acceptors (Lipinski definition) is 3. The molecule has 1 aromatic rings. The second kappa shape index (κ2) is 5.26. The monoisotopic (exact) mass is 208 g/mol. The Morgan fingerprint density at radius 2 is 2.40 bits per heavy atom. The van der Waals surface area contributed by atoms with E-state index in [4.69, 9.17) is 0 Å². The highest BCUT2D eigenvalue weighted by Crippen LogP contribution is 2.17. The first-order valence-corrected chi connectivity index (χ1v) is 5.97. The van der Waals surface area contributed by atoms with Crippen molar-refractivity contribution < 1.29 is 0 Å². The van der Waals surface area contributed by atoms with Gasteiger partial charge in [0.15, 0.2) is 0 Å². The summed E-state index contributed by atoms with van der Waals surface area (Å²) < 4.78 is 2.01. The predicted octanol–water partition coefficient (Wildman–Crippen LogP) is 1.23. The number of aryl methyl sites for hydroxylation is 1. The fraction of sp³-hybridized carbons (Fsp3) is 0.818. The summed E-state index contributed by atoms with van der Waals surface area (Å²) in [7, 11) is 0. The number of nitrogens with zero attached hydrogens (tertiary/aromatic N) is 3. The van der Waals surface area contributed by atoms with Gasteiger partial charge in [0.05, 0.1) is 0 Å². The summed E-state index contributed by atoms with van der Waals surface area (Å²) >= 11 is 0. The molecule has 1 unspecified atom stereocenters.